The minimum atomic E-state index is -3.09. The molecule has 1 fully saturated rings. The number of hydrogen-bond donors (Lipinski definition) is 0. The van der Waals surface area contributed by atoms with E-state index in [0.29, 0.717) is 23.7 Å². The molecule has 0 aliphatic carbocycles. The molecule has 3 rings (SSSR count). The Balaban J connectivity index is 1.74. The van der Waals surface area contributed by atoms with Gasteiger partial charge in [0.1, 0.15) is 5.75 Å². The Kier molecular flexibility index (Phi) is 6.07. The van der Waals surface area contributed by atoms with Gasteiger partial charge in [0.15, 0.2) is 16.4 Å². The molecule has 0 spiro atoms. The number of benzene rings is 2. The molecule has 5 nitrogen and oxygen atoms in total. The molecule has 0 aromatic heterocycles. The fourth-order valence-electron chi connectivity index (χ4n) is 3.22. The average Bonchev–Trinajstić information content (AvgIpc) is 2.99. The number of amides is 1. The van der Waals surface area contributed by atoms with E-state index in [1.54, 1.807) is 23.1 Å². The highest BCUT2D eigenvalue weighted by Crippen LogP contribution is 2.23. The third-order valence-electron chi connectivity index (χ3n) is 4.65. The van der Waals surface area contributed by atoms with Crippen molar-refractivity contribution in [1.29, 1.82) is 0 Å². The van der Waals surface area contributed by atoms with E-state index in [-0.39, 0.29) is 30.1 Å². The maximum absolute atomic E-state index is 12.9. The summed E-state index contributed by atoms with van der Waals surface area (Å²) in [7, 11) is -3.09. The molecular formula is C20H22ClNO4S. The molecule has 1 saturated heterocycles. The van der Waals surface area contributed by atoms with Gasteiger partial charge in [-0.15, -0.1) is 0 Å². The maximum Gasteiger partial charge on any atom is 0.261 e. The molecule has 0 N–H and O–H groups in total. The Morgan fingerprint density at radius 1 is 1.22 bits per heavy atom. The van der Waals surface area contributed by atoms with E-state index in [1.165, 1.54) is 0 Å². The minimum absolute atomic E-state index is 0.00550. The van der Waals surface area contributed by atoms with Crippen LogP contribution in [0.4, 0.5) is 0 Å². The Labute approximate surface area is 164 Å². The van der Waals surface area contributed by atoms with Crippen molar-refractivity contribution in [3.05, 3.63) is 64.7 Å². The number of sulfone groups is 1. The summed E-state index contributed by atoms with van der Waals surface area (Å²) in [6, 6.07) is 14.4. The lowest BCUT2D eigenvalue weighted by molar-refractivity contribution is -0.136. The zero-order chi connectivity index (χ0) is 19.4. The van der Waals surface area contributed by atoms with Crippen LogP contribution in [-0.2, 0) is 21.2 Å². The van der Waals surface area contributed by atoms with Gasteiger partial charge in [-0.1, -0.05) is 41.9 Å². The van der Waals surface area contributed by atoms with E-state index >= 15 is 0 Å². The lowest BCUT2D eigenvalue weighted by atomic mass is 10.1. The smallest absolute Gasteiger partial charge is 0.261 e. The first kappa shape index (κ1) is 19.7. The number of aryl methyl sites for hydroxylation is 1. The zero-order valence-electron chi connectivity index (χ0n) is 15.1. The number of halogens is 1. The molecule has 2 aromatic rings. The molecule has 1 aliphatic heterocycles. The van der Waals surface area contributed by atoms with Crippen LogP contribution in [0.1, 0.15) is 17.5 Å². The summed E-state index contributed by atoms with van der Waals surface area (Å²) in [6.45, 7) is 2.08. The standard InChI is InChI=1S/C20H22ClNO4S/c1-15-11-17(21)7-8-19(15)26-13-20(23)22(12-16-5-3-2-4-6-16)18-9-10-27(24,25)14-18/h2-8,11,18H,9-10,12-14H2,1H3/t18-/m0/s1. The van der Waals surface area contributed by atoms with Crippen molar-refractivity contribution >= 4 is 27.3 Å². The van der Waals surface area contributed by atoms with Crippen LogP contribution < -0.4 is 4.74 Å². The van der Waals surface area contributed by atoms with Gasteiger partial charge in [0.2, 0.25) is 0 Å². The van der Waals surface area contributed by atoms with E-state index in [9.17, 15) is 13.2 Å². The van der Waals surface area contributed by atoms with E-state index in [1.807, 2.05) is 37.3 Å². The highest BCUT2D eigenvalue weighted by Gasteiger charge is 2.34. The summed E-state index contributed by atoms with van der Waals surface area (Å²) in [5, 5.41) is 0.605. The Hall–Kier alpha value is -2.05. The first-order chi connectivity index (χ1) is 12.8. The molecule has 27 heavy (non-hydrogen) atoms. The van der Waals surface area contributed by atoms with Crippen molar-refractivity contribution in [3.63, 3.8) is 0 Å². The Bertz CT molecular complexity index is 915. The van der Waals surface area contributed by atoms with Crippen LogP contribution in [0, 0.1) is 6.92 Å². The first-order valence-corrected chi connectivity index (χ1v) is 11.0. The van der Waals surface area contributed by atoms with Crippen LogP contribution in [-0.4, -0.2) is 43.4 Å². The van der Waals surface area contributed by atoms with Crippen LogP contribution >= 0.6 is 11.6 Å². The summed E-state index contributed by atoms with van der Waals surface area (Å²) in [4.78, 5) is 14.5. The molecule has 1 aliphatic rings. The van der Waals surface area contributed by atoms with Crippen LogP contribution in [0.15, 0.2) is 48.5 Å². The predicted octanol–water partition coefficient (Wildman–Crippen LogP) is 3.24. The number of carbonyl (C=O) groups is 1. The number of ether oxygens (including phenoxy) is 1. The van der Waals surface area contributed by atoms with E-state index in [0.717, 1.165) is 11.1 Å². The molecule has 0 saturated carbocycles. The predicted molar refractivity (Wildman–Crippen MR) is 106 cm³/mol. The van der Waals surface area contributed by atoms with Crippen molar-refractivity contribution in [1.82, 2.24) is 4.90 Å². The molecule has 0 unspecified atom stereocenters. The molecule has 1 heterocycles. The number of hydrogen-bond acceptors (Lipinski definition) is 4. The maximum atomic E-state index is 12.9. The lowest BCUT2D eigenvalue weighted by Crippen LogP contribution is -2.43. The molecule has 144 valence electrons. The van der Waals surface area contributed by atoms with Gasteiger partial charge in [-0.05, 0) is 42.7 Å². The largest absolute Gasteiger partial charge is 0.483 e. The van der Waals surface area contributed by atoms with Gasteiger partial charge < -0.3 is 9.64 Å². The summed E-state index contributed by atoms with van der Waals surface area (Å²) >= 11 is 5.95. The van der Waals surface area contributed by atoms with Gasteiger partial charge in [-0.3, -0.25) is 4.79 Å². The van der Waals surface area contributed by atoms with Crippen LogP contribution in [0.25, 0.3) is 0 Å². The third-order valence-corrected chi connectivity index (χ3v) is 6.64. The summed E-state index contributed by atoms with van der Waals surface area (Å²) in [5.41, 5.74) is 1.80. The Morgan fingerprint density at radius 3 is 2.59 bits per heavy atom. The number of rotatable bonds is 6. The monoisotopic (exact) mass is 407 g/mol. The quantitative estimate of drug-likeness (QED) is 0.737. The normalized spacial score (nSPS) is 18.2. The van der Waals surface area contributed by atoms with Gasteiger partial charge in [0.05, 0.1) is 11.5 Å². The van der Waals surface area contributed by atoms with E-state index < -0.39 is 9.84 Å². The fraction of sp³-hybridized carbons (Fsp3) is 0.350. The van der Waals surface area contributed by atoms with Crippen LogP contribution in [0.2, 0.25) is 5.02 Å². The van der Waals surface area contributed by atoms with Gasteiger partial charge >= 0.3 is 0 Å². The molecule has 0 bridgehead atoms. The molecular weight excluding hydrogens is 386 g/mol. The van der Waals surface area contributed by atoms with E-state index in [2.05, 4.69) is 0 Å². The van der Waals surface area contributed by atoms with E-state index in [4.69, 9.17) is 16.3 Å². The highest BCUT2D eigenvalue weighted by molar-refractivity contribution is 7.91. The first-order valence-electron chi connectivity index (χ1n) is 8.77. The van der Waals surface area contributed by atoms with Crippen LogP contribution in [0.5, 0.6) is 5.75 Å². The molecule has 2 aromatic carbocycles. The SMILES string of the molecule is Cc1cc(Cl)ccc1OCC(=O)N(Cc1ccccc1)[C@H]1CCS(=O)(=O)C1. The van der Waals surface area contributed by atoms with Crippen molar-refractivity contribution in [2.45, 2.75) is 25.9 Å². The average molecular weight is 408 g/mol. The second-order valence-electron chi connectivity index (χ2n) is 6.76. The third kappa shape index (κ3) is 5.23. The lowest BCUT2D eigenvalue weighted by Gasteiger charge is -2.28. The Morgan fingerprint density at radius 2 is 1.96 bits per heavy atom. The van der Waals surface area contributed by atoms with Crippen molar-refractivity contribution < 1.29 is 17.9 Å². The number of carbonyl (C=O) groups excluding carboxylic acids is 1. The van der Waals surface area contributed by atoms with Gasteiger partial charge in [-0.2, -0.15) is 0 Å². The van der Waals surface area contributed by atoms with Gasteiger partial charge in [0, 0.05) is 17.6 Å². The summed E-state index contributed by atoms with van der Waals surface area (Å²) in [6.07, 6.45) is 0.459. The topological polar surface area (TPSA) is 63.7 Å². The van der Waals surface area contributed by atoms with Crippen molar-refractivity contribution in [3.8, 4) is 5.75 Å². The fourth-order valence-corrected chi connectivity index (χ4v) is 5.18. The minimum Gasteiger partial charge on any atom is -0.483 e. The summed E-state index contributed by atoms with van der Waals surface area (Å²) < 4.78 is 29.5. The second kappa shape index (κ2) is 8.31. The van der Waals surface area contributed by atoms with Crippen LogP contribution in [0.3, 0.4) is 0 Å². The molecule has 0 radical (unpaired) electrons. The zero-order valence-corrected chi connectivity index (χ0v) is 16.7. The second-order valence-corrected chi connectivity index (χ2v) is 9.43. The van der Waals surface area contributed by atoms with Gasteiger partial charge in [0.25, 0.3) is 5.91 Å². The highest BCUT2D eigenvalue weighted by atomic mass is 35.5. The van der Waals surface area contributed by atoms with Crippen molar-refractivity contribution in [2.24, 2.45) is 0 Å². The number of nitrogens with zero attached hydrogens (tertiary/aromatic N) is 1. The summed E-state index contributed by atoms with van der Waals surface area (Å²) in [5.74, 6) is 0.487. The molecule has 1 atom stereocenters. The van der Waals surface area contributed by atoms with Crippen molar-refractivity contribution in [2.75, 3.05) is 18.1 Å². The molecule has 7 heteroatoms. The molecule has 1 amide bonds. The van der Waals surface area contributed by atoms with Gasteiger partial charge in [-0.25, -0.2) is 8.42 Å².